The number of hydrogen-bond donors (Lipinski definition) is 1. The van der Waals surface area contributed by atoms with Gasteiger partial charge in [-0.25, -0.2) is 4.79 Å². The Labute approximate surface area is 270 Å². The van der Waals surface area contributed by atoms with Crippen molar-refractivity contribution in [1.29, 1.82) is 5.41 Å². The van der Waals surface area contributed by atoms with E-state index in [1.165, 1.54) is 94.4 Å². The van der Waals surface area contributed by atoms with Gasteiger partial charge in [0.1, 0.15) is 17.8 Å². The molecule has 0 saturated heterocycles. The molecule has 0 aromatic heterocycles. The average Bonchev–Trinajstić information content (AvgIpc) is 3.09. The van der Waals surface area contributed by atoms with Crippen LogP contribution in [0.2, 0.25) is 0 Å². The van der Waals surface area contributed by atoms with Gasteiger partial charge < -0.3 is 14.9 Å². The molecular weight excluding hydrogens is 558 g/mol. The minimum absolute atomic E-state index is 0.390. The van der Waals surface area contributed by atoms with Gasteiger partial charge in [0.15, 0.2) is 0 Å². The van der Waals surface area contributed by atoms with Gasteiger partial charge in [0, 0.05) is 17.3 Å². The second-order valence-corrected chi connectivity index (χ2v) is 12.9. The van der Waals surface area contributed by atoms with Crippen LogP contribution in [0.4, 0.5) is 0 Å². The molecule has 2 saturated carbocycles. The molecule has 2 aliphatic rings. The Balaban J connectivity index is 0.000000231. The highest BCUT2D eigenvalue weighted by Gasteiger charge is 2.23. The van der Waals surface area contributed by atoms with E-state index in [2.05, 4.69) is 38.1 Å². The summed E-state index contributed by atoms with van der Waals surface area (Å²) in [4.78, 5) is 23.1. The van der Waals surface area contributed by atoms with E-state index in [-0.39, 0.29) is 5.97 Å². The van der Waals surface area contributed by atoms with E-state index in [0.717, 1.165) is 29.6 Å². The molecule has 240 valence electrons. The first-order chi connectivity index (χ1) is 22.0. The van der Waals surface area contributed by atoms with Crippen LogP contribution in [0.25, 0.3) is 0 Å². The molecule has 2 fully saturated rings. The van der Waals surface area contributed by atoms with Crippen molar-refractivity contribution in [2.24, 2.45) is 11.8 Å². The predicted octanol–water partition coefficient (Wildman–Crippen LogP) is 10.6. The van der Waals surface area contributed by atoms with E-state index < -0.39 is 0 Å². The van der Waals surface area contributed by atoms with E-state index >= 15 is 0 Å². The minimum atomic E-state index is -0.390. The predicted molar refractivity (Wildman–Crippen MR) is 183 cm³/mol. The van der Waals surface area contributed by atoms with Crippen molar-refractivity contribution in [3.05, 3.63) is 94.5 Å². The van der Waals surface area contributed by atoms with E-state index in [4.69, 9.17) is 14.9 Å². The van der Waals surface area contributed by atoms with Gasteiger partial charge in [0.05, 0.1) is 12.7 Å². The first-order valence-corrected chi connectivity index (χ1v) is 17.0. The molecule has 0 aliphatic heterocycles. The van der Waals surface area contributed by atoms with E-state index in [1.807, 2.05) is 24.3 Å². The average molecular weight is 610 g/mol. The quantitative estimate of drug-likeness (QED) is 0.102. The van der Waals surface area contributed by atoms with Crippen molar-refractivity contribution >= 4 is 18.5 Å². The second-order valence-electron chi connectivity index (χ2n) is 12.9. The number of aldehydes is 1. The van der Waals surface area contributed by atoms with E-state index in [1.54, 1.807) is 25.3 Å². The summed E-state index contributed by atoms with van der Waals surface area (Å²) in [6.07, 6.45) is 18.0. The number of methoxy groups -OCH3 is 1. The molecule has 0 heterocycles. The highest BCUT2D eigenvalue weighted by Crippen LogP contribution is 2.38. The summed E-state index contributed by atoms with van der Waals surface area (Å²) in [6.45, 7) is 4.55. The van der Waals surface area contributed by atoms with Crippen molar-refractivity contribution in [1.82, 2.24) is 0 Å². The Morgan fingerprint density at radius 3 is 1.71 bits per heavy atom. The van der Waals surface area contributed by atoms with Crippen molar-refractivity contribution in [2.45, 2.75) is 103 Å². The summed E-state index contributed by atoms with van der Waals surface area (Å²) < 4.78 is 10.7. The topological polar surface area (TPSA) is 76.5 Å². The molecule has 0 spiro atoms. The summed E-state index contributed by atoms with van der Waals surface area (Å²) in [5.41, 5.74) is 4.64. The van der Waals surface area contributed by atoms with Crippen LogP contribution in [-0.2, 0) is 0 Å². The van der Waals surface area contributed by atoms with Crippen LogP contribution in [-0.4, -0.2) is 25.6 Å². The van der Waals surface area contributed by atoms with E-state index in [0.29, 0.717) is 28.5 Å². The number of carbonyl (C=O) groups excluding carboxylic acids is 2. The first-order valence-electron chi connectivity index (χ1n) is 17.0. The molecule has 3 aromatic carbocycles. The van der Waals surface area contributed by atoms with Gasteiger partial charge in [-0.05, 0) is 116 Å². The Bertz CT molecular complexity index is 1350. The minimum Gasteiger partial charge on any atom is -0.496 e. The lowest BCUT2D eigenvalue weighted by Gasteiger charge is -2.28. The second kappa shape index (κ2) is 17.7. The fraction of sp³-hybridized carbons (Fsp3) is 0.475. The Morgan fingerprint density at radius 1 is 0.756 bits per heavy atom. The summed E-state index contributed by atoms with van der Waals surface area (Å²) >= 11 is 0. The third-order valence-electron chi connectivity index (χ3n) is 9.82. The SMILES string of the molecule is CCCC1CCC(c2ccc(C(=O)Oc3ccc(OC)c(C=N)c3)cc2)CC1.CCCC1CCC(c2ccc(C=O)cc2)CC1. The number of ether oxygens (including phenoxy) is 2. The maximum atomic E-state index is 12.5. The van der Waals surface area contributed by atoms with Gasteiger partial charge in [-0.3, -0.25) is 4.79 Å². The molecule has 0 bridgehead atoms. The molecular formula is C40H51NO4. The number of rotatable bonds is 11. The standard InChI is InChI=1S/C24H29NO3.C16H22O/c1-3-4-17-5-7-18(8-6-17)19-9-11-20(12-10-19)24(26)28-22-13-14-23(27-2)21(15-22)16-25;1-2-3-13-4-8-15(9-5-13)16-10-6-14(12-17)7-11-16/h9-18,25H,3-8H2,1-2H3;6-7,10-13,15H,2-5,8-9H2,1H3. The van der Waals surface area contributed by atoms with Gasteiger partial charge in [-0.15, -0.1) is 0 Å². The van der Waals surface area contributed by atoms with Gasteiger partial charge in [0.2, 0.25) is 0 Å². The van der Waals surface area contributed by atoms with Gasteiger partial charge in [0.25, 0.3) is 0 Å². The molecule has 5 nitrogen and oxygen atoms in total. The lowest BCUT2D eigenvalue weighted by molar-refractivity contribution is 0.0734. The van der Waals surface area contributed by atoms with Crippen molar-refractivity contribution < 1.29 is 19.1 Å². The van der Waals surface area contributed by atoms with Crippen molar-refractivity contribution in [3.8, 4) is 11.5 Å². The van der Waals surface area contributed by atoms with Crippen molar-refractivity contribution in [3.63, 3.8) is 0 Å². The largest absolute Gasteiger partial charge is 0.496 e. The zero-order valence-electron chi connectivity index (χ0n) is 27.4. The van der Waals surface area contributed by atoms with Crippen LogP contribution in [0.3, 0.4) is 0 Å². The molecule has 0 atom stereocenters. The molecule has 2 aliphatic carbocycles. The lowest BCUT2D eigenvalue weighted by Crippen LogP contribution is -2.13. The van der Waals surface area contributed by atoms with Crippen LogP contribution >= 0.6 is 0 Å². The van der Waals surface area contributed by atoms with Crippen LogP contribution in [0.5, 0.6) is 11.5 Å². The molecule has 5 rings (SSSR count). The maximum absolute atomic E-state index is 12.5. The summed E-state index contributed by atoms with van der Waals surface area (Å²) in [5.74, 6) is 3.78. The molecule has 0 unspecified atom stereocenters. The number of benzene rings is 3. The Kier molecular flexibility index (Phi) is 13.4. The summed E-state index contributed by atoms with van der Waals surface area (Å²) in [6, 6.07) is 21.0. The third kappa shape index (κ3) is 9.88. The van der Waals surface area contributed by atoms with Crippen LogP contribution in [0, 0.1) is 17.2 Å². The third-order valence-corrected chi connectivity index (χ3v) is 9.82. The number of hydrogen-bond acceptors (Lipinski definition) is 5. The Hall–Kier alpha value is -3.73. The maximum Gasteiger partial charge on any atom is 0.343 e. The molecule has 0 amide bonds. The highest BCUT2D eigenvalue weighted by molar-refractivity contribution is 5.91. The van der Waals surface area contributed by atoms with Gasteiger partial charge in [-0.2, -0.15) is 0 Å². The lowest BCUT2D eigenvalue weighted by atomic mass is 9.77. The molecule has 5 heteroatoms. The summed E-state index contributed by atoms with van der Waals surface area (Å²) in [7, 11) is 1.55. The Morgan fingerprint density at radius 2 is 1.27 bits per heavy atom. The van der Waals surface area contributed by atoms with Crippen LogP contribution in [0.1, 0.15) is 140 Å². The summed E-state index contributed by atoms with van der Waals surface area (Å²) in [5, 5.41) is 7.44. The van der Waals surface area contributed by atoms with Gasteiger partial charge >= 0.3 is 5.97 Å². The monoisotopic (exact) mass is 609 g/mol. The first kappa shape index (κ1) is 34.1. The molecule has 1 N–H and O–H groups in total. The highest BCUT2D eigenvalue weighted by atomic mass is 16.5. The van der Waals surface area contributed by atoms with Crippen LogP contribution < -0.4 is 9.47 Å². The van der Waals surface area contributed by atoms with Crippen LogP contribution in [0.15, 0.2) is 66.7 Å². The van der Waals surface area contributed by atoms with E-state index in [9.17, 15) is 9.59 Å². The number of nitrogens with one attached hydrogen (secondary N) is 1. The number of carbonyl (C=O) groups is 2. The molecule has 45 heavy (non-hydrogen) atoms. The zero-order valence-corrected chi connectivity index (χ0v) is 27.4. The van der Waals surface area contributed by atoms with Crippen molar-refractivity contribution in [2.75, 3.05) is 7.11 Å². The zero-order chi connectivity index (χ0) is 32.0. The smallest absolute Gasteiger partial charge is 0.343 e. The normalized spacial score (nSPS) is 21.1. The molecule has 3 aromatic rings. The number of esters is 1. The fourth-order valence-electron chi connectivity index (χ4n) is 7.18. The van der Waals surface area contributed by atoms with Gasteiger partial charge in [-0.1, -0.05) is 75.9 Å². The fourth-order valence-corrected chi connectivity index (χ4v) is 7.18. The molecule has 0 radical (unpaired) electrons.